The third-order valence-corrected chi connectivity index (χ3v) is 4.81. The molecule has 1 rings (SSSR count). The lowest BCUT2D eigenvalue weighted by Crippen LogP contribution is -1.93. The van der Waals surface area contributed by atoms with Gasteiger partial charge >= 0.3 is 0 Å². The SMILES string of the molecule is CCCCPCCCCC1CCCC1. The zero-order valence-corrected chi connectivity index (χ0v) is 10.9. The maximum absolute atomic E-state index is 2.30. The molecule has 0 nitrogen and oxygen atoms in total. The number of rotatable bonds is 8. The Hall–Kier alpha value is 0.430. The fraction of sp³-hybridized carbons (Fsp3) is 1.00. The number of unbranched alkanes of at least 4 members (excludes halogenated alkanes) is 2. The summed E-state index contributed by atoms with van der Waals surface area (Å²) < 4.78 is 0. The van der Waals surface area contributed by atoms with Crippen molar-refractivity contribution in [3.8, 4) is 0 Å². The van der Waals surface area contributed by atoms with Crippen LogP contribution in [0.3, 0.4) is 0 Å². The Balaban J connectivity index is 1.75. The summed E-state index contributed by atoms with van der Waals surface area (Å²) in [7, 11) is 1.26. The van der Waals surface area contributed by atoms with Crippen molar-refractivity contribution in [2.45, 2.75) is 64.7 Å². The maximum Gasteiger partial charge on any atom is -0.0353 e. The zero-order valence-electron chi connectivity index (χ0n) is 9.86. The first-order chi connectivity index (χ1) is 6.93. The predicted molar refractivity (Wildman–Crippen MR) is 68.8 cm³/mol. The third-order valence-electron chi connectivity index (χ3n) is 3.40. The molecule has 0 heterocycles. The van der Waals surface area contributed by atoms with Crippen LogP contribution in [0.1, 0.15) is 64.7 Å². The van der Waals surface area contributed by atoms with Gasteiger partial charge in [0.25, 0.3) is 0 Å². The van der Waals surface area contributed by atoms with Gasteiger partial charge in [0.1, 0.15) is 0 Å². The Morgan fingerprint density at radius 1 is 1.00 bits per heavy atom. The van der Waals surface area contributed by atoms with Gasteiger partial charge in [-0.25, -0.2) is 0 Å². The van der Waals surface area contributed by atoms with E-state index >= 15 is 0 Å². The second-order valence-corrected chi connectivity index (χ2v) is 6.25. The fourth-order valence-corrected chi connectivity index (χ4v) is 3.76. The van der Waals surface area contributed by atoms with E-state index in [1.165, 1.54) is 78.7 Å². The van der Waals surface area contributed by atoms with Gasteiger partial charge in [-0.1, -0.05) is 51.9 Å². The molecule has 1 fully saturated rings. The molecule has 1 unspecified atom stereocenters. The zero-order chi connectivity index (χ0) is 10.1. The lowest BCUT2D eigenvalue weighted by atomic mass is 10.0. The highest BCUT2D eigenvalue weighted by Gasteiger charge is 2.13. The topological polar surface area (TPSA) is 0 Å². The molecule has 0 aromatic rings. The van der Waals surface area contributed by atoms with Gasteiger partial charge in [-0.2, -0.15) is 0 Å². The first-order valence-corrected chi connectivity index (χ1v) is 8.05. The maximum atomic E-state index is 2.30. The van der Waals surface area contributed by atoms with Gasteiger partial charge in [0.15, 0.2) is 0 Å². The molecule has 1 aliphatic carbocycles. The molecule has 1 saturated carbocycles. The first-order valence-electron chi connectivity index (χ1n) is 6.64. The average Bonchev–Trinajstić information content (AvgIpc) is 2.69. The van der Waals surface area contributed by atoms with Crippen molar-refractivity contribution < 1.29 is 0 Å². The van der Waals surface area contributed by atoms with Crippen LogP contribution in [-0.2, 0) is 0 Å². The van der Waals surface area contributed by atoms with Crippen molar-refractivity contribution in [1.29, 1.82) is 0 Å². The van der Waals surface area contributed by atoms with E-state index in [0.717, 1.165) is 5.92 Å². The van der Waals surface area contributed by atoms with E-state index < -0.39 is 0 Å². The van der Waals surface area contributed by atoms with Gasteiger partial charge in [0.2, 0.25) is 0 Å². The van der Waals surface area contributed by atoms with Crippen molar-refractivity contribution in [3.63, 3.8) is 0 Å². The van der Waals surface area contributed by atoms with E-state index in [4.69, 9.17) is 0 Å². The predicted octanol–water partition coefficient (Wildman–Crippen LogP) is 4.83. The van der Waals surface area contributed by atoms with Crippen LogP contribution in [0.2, 0.25) is 0 Å². The van der Waals surface area contributed by atoms with Gasteiger partial charge in [-0.3, -0.25) is 0 Å². The van der Waals surface area contributed by atoms with Crippen molar-refractivity contribution >= 4 is 8.58 Å². The summed E-state index contributed by atoms with van der Waals surface area (Å²) in [6, 6.07) is 0. The lowest BCUT2D eigenvalue weighted by Gasteiger charge is -2.07. The minimum absolute atomic E-state index is 1.12. The van der Waals surface area contributed by atoms with E-state index in [9.17, 15) is 0 Å². The molecule has 1 atom stereocenters. The Morgan fingerprint density at radius 3 is 2.43 bits per heavy atom. The molecule has 0 amide bonds. The van der Waals surface area contributed by atoms with E-state index in [-0.39, 0.29) is 0 Å². The minimum Gasteiger partial charge on any atom is -0.122 e. The lowest BCUT2D eigenvalue weighted by molar-refractivity contribution is 0.481. The summed E-state index contributed by atoms with van der Waals surface area (Å²) in [6.45, 7) is 2.30. The normalized spacial score (nSPS) is 18.6. The summed E-state index contributed by atoms with van der Waals surface area (Å²) in [5.41, 5.74) is 0. The second-order valence-electron chi connectivity index (χ2n) is 4.75. The van der Waals surface area contributed by atoms with Gasteiger partial charge < -0.3 is 0 Å². The molecule has 0 N–H and O–H groups in total. The van der Waals surface area contributed by atoms with Gasteiger partial charge in [0.05, 0.1) is 0 Å². The molecule has 0 aromatic heterocycles. The van der Waals surface area contributed by atoms with Crippen LogP contribution in [0.15, 0.2) is 0 Å². The highest BCUT2D eigenvalue weighted by molar-refractivity contribution is 7.37. The number of hydrogen-bond donors (Lipinski definition) is 0. The van der Waals surface area contributed by atoms with Crippen molar-refractivity contribution in [2.75, 3.05) is 12.3 Å². The standard InChI is InChI=1S/C13H27P/c1-2-3-11-14-12-7-6-10-13-8-4-5-9-13/h13-14H,2-12H2,1H3. The molecular weight excluding hydrogens is 187 g/mol. The molecule has 14 heavy (non-hydrogen) atoms. The Labute approximate surface area is 92.0 Å². The van der Waals surface area contributed by atoms with E-state index in [0.29, 0.717) is 0 Å². The second kappa shape index (κ2) is 8.72. The monoisotopic (exact) mass is 214 g/mol. The molecular formula is C13H27P. The molecule has 84 valence electrons. The Morgan fingerprint density at radius 2 is 1.71 bits per heavy atom. The largest absolute Gasteiger partial charge is 0.122 e. The van der Waals surface area contributed by atoms with Crippen molar-refractivity contribution in [3.05, 3.63) is 0 Å². The summed E-state index contributed by atoms with van der Waals surface area (Å²) in [5, 5.41) is 0. The quantitative estimate of drug-likeness (QED) is 0.401. The highest BCUT2D eigenvalue weighted by Crippen LogP contribution is 2.29. The third kappa shape index (κ3) is 6.02. The molecule has 0 saturated heterocycles. The van der Waals surface area contributed by atoms with Gasteiger partial charge in [0, 0.05) is 0 Å². The van der Waals surface area contributed by atoms with E-state index in [2.05, 4.69) is 6.92 Å². The van der Waals surface area contributed by atoms with Gasteiger partial charge in [-0.15, -0.1) is 8.58 Å². The molecule has 0 aromatic carbocycles. The van der Waals surface area contributed by atoms with Crippen LogP contribution < -0.4 is 0 Å². The van der Waals surface area contributed by atoms with Crippen molar-refractivity contribution in [1.82, 2.24) is 0 Å². The van der Waals surface area contributed by atoms with Crippen molar-refractivity contribution in [2.24, 2.45) is 5.92 Å². The highest BCUT2D eigenvalue weighted by atomic mass is 31.1. The molecule has 0 bridgehead atoms. The minimum atomic E-state index is 1.12. The molecule has 0 radical (unpaired) electrons. The average molecular weight is 214 g/mol. The summed E-state index contributed by atoms with van der Waals surface area (Å²) in [5.74, 6) is 1.12. The van der Waals surface area contributed by atoms with Crippen LogP contribution >= 0.6 is 8.58 Å². The number of hydrogen-bond acceptors (Lipinski definition) is 0. The fourth-order valence-electron chi connectivity index (χ4n) is 2.41. The van der Waals surface area contributed by atoms with Crippen LogP contribution in [0, 0.1) is 5.92 Å². The Kier molecular flexibility index (Phi) is 7.78. The van der Waals surface area contributed by atoms with Crippen LogP contribution in [0.25, 0.3) is 0 Å². The summed E-state index contributed by atoms with van der Waals surface area (Å²) >= 11 is 0. The first kappa shape index (κ1) is 12.5. The van der Waals surface area contributed by atoms with Crippen LogP contribution in [-0.4, -0.2) is 12.3 Å². The van der Waals surface area contributed by atoms with Crippen LogP contribution in [0.4, 0.5) is 0 Å². The van der Waals surface area contributed by atoms with Crippen LogP contribution in [0.5, 0.6) is 0 Å². The van der Waals surface area contributed by atoms with E-state index in [1.807, 2.05) is 0 Å². The Bertz CT molecular complexity index is 116. The van der Waals surface area contributed by atoms with Gasteiger partial charge in [-0.05, 0) is 31.1 Å². The molecule has 1 heteroatoms. The molecule has 1 aliphatic rings. The smallest absolute Gasteiger partial charge is 0.0353 e. The summed E-state index contributed by atoms with van der Waals surface area (Å²) in [4.78, 5) is 0. The molecule has 0 spiro atoms. The summed E-state index contributed by atoms with van der Waals surface area (Å²) in [6.07, 6.45) is 16.5. The van der Waals surface area contributed by atoms with E-state index in [1.54, 1.807) is 0 Å². The molecule has 0 aliphatic heterocycles.